The smallest absolute Gasteiger partial charge is 0.309 e. The summed E-state index contributed by atoms with van der Waals surface area (Å²) in [7, 11) is 0. The van der Waals surface area contributed by atoms with Crippen molar-refractivity contribution in [2.75, 3.05) is 0 Å². The molecule has 23 heavy (non-hydrogen) atoms. The molecule has 0 aliphatic heterocycles. The van der Waals surface area contributed by atoms with Gasteiger partial charge < -0.3 is 10.2 Å². The molecule has 1 spiro atoms. The third-order valence-corrected chi connectivity index (χ3v) is 8.98. The van der Waals surface area contributed by atoms with Crippen molar-refractivity contribution in [3.8, 4) is 0 Å². The Kier molecular flexibility index (Phi) is 3.14. The summed E-state index contributed by atoms with van der Waals surface area (Å²) in [4.78, 5) is 12.1. The fourth-order valence-electron chi connectivity index (χ4n) is 8.05. The molecule has 4 aliphatic carbocycles. The highest BCUT2D eigenvalue weighted by Crippen LogP contribution is 2.72. The second-order valence-electron chi connectivity index (χ2n) is 10.1. The fourth-order valence-corrected chi connectivity index (χ4v) is 8.05. The lowest BCUT2D eigenvalue weighted by molar-refractivity contribution is -0.181. The Morgan fingerprint density at radius 3 is 2.43 bits per heavy atom. The standard InChI is InChI=1S/C20H32O3/c1-17-8-4-9-18(2,16(21)22)14(17)7-10-20-11-13(5-6-15(17)20)19(3,23)12-20/h13-15,23H,4-12H2,1-3H3,(H,21,22)/t13-,14+,15+,17-,18+,19-,20+/m0/s1. The maximum atomic E-state index is 12.1. The number of fused-ring (bicyclic) bond motifs is 3. The molecule has 4 rings (SSSR count). The number of aliphatic hydroxyl groups is 1. The number of carbonyl (C=O) groups is 1. The zero-order valence-electron chi connectivity index (χ0n) is 14.9. The lowest BCUT2D eigenvalue weighted by atomic mass is 9.41. The monoisotopic (exact) mass is 320 g/mol. The Morgan fingerprint density at radius 2 is 1.74 bits per heavy atom. The van der Waals surface area contributed by atoms with Gasteiger partial charge in [-0.05, 0) is 93.8 Å². The second-order valence-corrected chi connectivity index (χ2v) is 10.1. The molecule has 2 bridgehead atoms. The molecule has 4 aliphatic rings. The van der Waals surface area contributed by atoms with Crippen molar-refractivity contribution < 1.29 is 15.0 Å². The molecule has 4 fully saturated rings. The van der Waals surface area contributed by atoms with Crippen molar-refractivity contribution in [3.05, 3.63) is 0 Å². The number of hydrogen-bond donors (Lipinski definition) is 2. The van der Waals surface area contributed by atoms with Crippen LogP contribution in [0.15, 0.2) is 0 Å². The summed E-state index contributed by atoms with van der Waals surface area (Å²) in [5.74, 6) is 0.793. The van der Waals surface area contributed by atoms with Crippen LogP contribution in [0, 0.1) is 34.0 Å². The van der Waals surface area contributed by atoms with E-state index in [9.17, 15) is 15.0 Å². The topological polar surface area (TPSA) is 57.5 Å². The SMILES string of the molecule is C[C@]12CCC[C@@](C)(C(=O)O)[C@@H]1CC[C@]13C[C@H](CC[C@@H]12)[C@@](C)(O)C3. The molecule has 0 saturated heterocycles. The molecule has 4 saturated carbocycles. The molecule has 130 valence electrons. The number of carboxylic acids is 1. The zero-order chi connectivity index (χ0) is 16.7. The molecule has 3 heteroatoms. The van der Waals surface area contributed by atoms with Crippen LogP contribution in [0.2, 0.25) is 0 Å². The van der Waals surface area contributed by atoms with Crippen LogP contribution in [-0.4, -0.2) is 21.8 Å². The van der Waals surface area contributed by atoms with Crippen molar-refractivity contribution >= 4 is 5.97 Å². The molecule has 2 N–H and O–H groups in total. The summed E-state index contributed by atoms with van der Waals surface area (Å²) in [6.45, 7) is 6.45. The number of rotatable bonds is 1. The average Bonchev–Trinajstić information content (AvgIpc) is 2.63. The van der Waals surface area contributed by atoms with Crippen LogP contribution in [0.1, 0.15) is 78.6 Å². The lowest BCUT2D eigenvalue weighted by Gasteiger charge is -2.63. The van der Waals surface area contributed by atoms with Crippen molar-refractivity contribution in [1.29, 1.82) is 0 Å². The van der Waals surface area contributed by atoms with Crippen LogP contribution in [0.3, 0.4) is 0 Å². The van der Waals surface area contributed by atoms with Gasteiger partial charge in [0.2, 0.25) is 0 Å². The van der Waals surface area contributed by atoms with Gasteiger partial charge in [0.1, 0.15) is 0 Å². The van der Waals surface area contributed by atoms with Gasteiger partial charge in [-0.3, -0.25) is 4.79 Å². The molecule has 7 atom stereocenters. The number of hydrogen-bond acceptors (Lipinski definition) is 2. The average molecular weight is 320 g/mol. The highest BCUT2D eigenvalue weighted by molar-refractivity contribution is 5.75. The minimum atomic E-state index is -0.587. The van der Waals surface area contributed by atoms with Gasteiger partial charge in [-0.1, -0.05) is 13.3 Å². The lowest BCUT2D eigenvalue weighted by Crippen LogP contribution is -2.58. The predicted molar refractivity (Wildman–Crippen MR) is 88.9 cm³/mol. The van der Waals surface area contributed by atoms with E-state index in [0.29, 0.717) is 17.8 Å². The first-order valence-electron chi connectivity index (χ1n) is 9.60. The van der Waals surface area contributed by atoms with Crippen LogP contribution < -0.4 is 0 Å². The first-order valence-corrected chi connectivity index (χ1v) is 9.60. The quantitative estimate of drug-likeness (QED) is 0.760. The summed E-state index contributed by atoms with van der Waals surface area (Å²) in [5, 5.41) is 20.8. The first kappa shape index (κ1) is 15.9. The van der Waals surface area contributed by atoms with Gasteiger partial charge in [0, 0.05) is 0 Å². The van der Waals surface area contributed by atoms with E-state index in [0.717, 1.165) is 38.5 Å². The minimum absolute atomic E-state index is 0.148. The van der Waals surface area contributed by atoms with E-state index in [1.807, 2.05) is 13.8 Å². The van der Waals surface area contributed by atoms with Crippen LogP contribution in [-0.2, 0) is 4.79 Å². The Labute approximate surface area is 139 Å². The Hall–Kier alpha value is -0.570. The molecule has 0 aromatic carbocycles. The summed E-state index contributed by atoms with van der Waals surface area (Å²) in [6, 6.07) is 0. The van der Waals surface area contributed by atoms with E-state index in [1.54, 1.807) is 0 Å². The van der Waals surface area contributed by atoms with Crippen molar-refractivity contribution in [3.63, 3.8) is 0 Å². The largest absolute Gasteiger partial charge is 0.481 e. The van der Waals surface area contributed by atoms with Gasteiger partial charge in [0.15, 0.2) is 0 Å². The van der Waals surface area contributed by atoms with Crippen molar-refractivity contribution in [2.24, 2.45) is 34.0 Å². The second kappa shape index (κ2) is 4.53. The van der Waals surface area contributed by atoms with Crippen LogP contribution >= 0.6 is 0 Å². The minimum Gasteiger partial charge on any atom is -0.481 e. The molecule has 0 radical (unpaired) electrons. The van der Waals surface area contributed by atoms with Gasteiger partial charge in [0.25, 0.3) is 0 Å². The highest BCUT2D eigenvalue weighted by Gasteiger charge is 2.67. The van der Waals surface area contributed by atoms with Crippen molar-refractivity contribution in [1.82, 2.24) is 0 Å². The maximum absolute atomic E-state index is 12.1. The van der Waals surface area contributed by atoms with Gasteiger partial charge in [-0.2, -0.15) is 0 Å². The van der Waals surface area contributed by atoms with Crippen molar-refractivity contribution in [2.45, 2.75) is 84.2 Å². The Bertz CT molecular complexity index is 541. The van der Waals surface area contributed by atoms with Crippen LogP contribution in [0.5, 0.6) is 0 Å². The summed E-state index contributed by atoms with van der Waals surface area (Å²) in [6.07, 6.45) is 9.68. The van der Waals surface area contributed by atoms with Crippen LogP contribution in [0.4, 0.5) is 0 Å². The fraction of sp³-hybridized carbons (Fsp3) is 0.950. The van der Waals surface area contributed by atoms with E-state index < -0.39 is 17.0 Å². The first-order chi connectivity index (χ1) is 10.6. The molecule has 3 nitrogen and oxygen atoms in total. The molecule has 0 unspecified atom stereocenters. The van der Waals surface area contributed by atoms with E-state index in [4.69, 9.17) is 0 Å². The molecular formula is C20H32O3. The van der Waals surface area contributed by atoms with E-state index in [2.05, 4.69) is 6.92 Å². The summed E-state index contributed by atoms with van der Waals surface area (Å²) in [5.41, 5.74) is -0.612. The normalized spacial score (nSPS) is 58.3. The molecule has 0 heterocycles. The maximum Gasteiger partial charge on any atom is 0.309 e. The molecule has 0 amide bonds. The van der Waals surface area contributed by atoms with E-state index in [-0.39, 0.29) is 10.8 Å². The van der Waals surface area contributed by atoms with Gasteiger partial charge in [-0.25, -0.2) is 0 Å². The molecule has 0 aromatic heterocycles. The van der Waals surface area contributed by atoms with Gasteiger partial charge >= 0.3 is 5.97 Å². The molecular weight excluding hydrogens is 288 g/mol. The van der Waals surface area contributed by atoms with E-state index in [1.165, 1.54) is 19.3 Å². The predicted octanol–water partition coefficient (Wildman–Crippen LogP) is 4.23. The van der Waals surface area contributed by atoms with Crippen LogP contribution in [0.25, 0.3) is 0 Å². The third-order valence-electron chi connectivity index (χ3n) is 8.98. The van der Waals surface area contributed by atoms with Gasteiger partial charge in [0.05, 0.1) is 11.0 Å². The zero-order valence-corrected chi connectivity index (χ0v) is 14.9. The summed E-state index contributed by atoms with van der Waals surface area (Å²) < 4.78 is 0. The highest BCUT2D eigenvalue weighted by atomic mass is 16.4. The number of aliphatic carboxylic acids is 1. The Morgan fingerprint density at radius 1 is 1.00 bits per heavy atom. The van der Waals surface area contributed by atoms with Gasteiger partial charge in [-0.15, -0.1) is 0 Å². The number of carboxylic acid groups (broad SMARTS) is 1. The third kappa shape index (κ3) is 1.89. The Balaban J connectivity index is 1.74. The van der Waals surface area contributed by atoms with E-state index >= 15 is 0 Å². The summed E-state index contributed by atoms with van der Waals surface area (Å²) >= 11 is 0. The molecule has 0 aromatic rings.